The van der Waals surface area contributed by atoms with Gasteiger partial charge in [-0.25, -0.2) is 4.39 Å². The molecule has 0 bridgehead atoms. The van der Waals surface area contributed by atoms with Crippen molar-refractivity contribution in [3.63, 3.8) is 0 Å². The summed E-state index contributed by atoms with van der Waals surface area (Å²) in [6.45, 7) is 1.62. The predicted molar refractivity (Wildman–Crippen MR) is 49.6 cm³/mol. The number of halogens is 1. The average Bonchev–Trinajstić information content (AvgIpc) is 2.20. The zero-order valence-corrected chi connectivity index (χ0v) is 8.68. The van der Waals surface area contributed by atoms with Crippen LogP contribution in [0.2, 0.25) is 0 Å². The van der Waals surface area contributed by atoms with Crippen molar-refractivity contribution in [3.05, 3.63) is 0 Å². The van der Waals surface area contributed by atoms with Crippen LogP contribution in [0.5, 0.6) is 0 Å². The summed E-state index contributed by atoms with van der Waals surface area (Å²) in [6, 6.07) is -0.747. The first kappa shape index (κ1) is 11.8. The van der Waals surface area contributed by atoms with E-state index in [2.05, 4.69) is 0 Å². The molecule has 1 rings (SSSR count). The Labute approximate surface area is 83.2 Å². The summed E-state index contributed by atoms with van der Waals surface area (Å²) < 4.78 is 23.7. The van der Waals surface area contributed by atoms with Gasteiger partial charge in [-0.3, -0.25) is 0 Å². The lowest BCUT2D eigenvalue weighted by molar-refractivity contribution is -0.162. The van der Waals surface area contributed by atoms with E-state index in [1.165, 1.54) is 14.2 Å². The fourth-order valence-corrected chi connectivity index (χ4v) is 2.00. The standard InChI is InChI=1S/C9H18FNO3/c1-4-5(10)6(11)8(13-2)9(14-3)7(4)12/h4-9,12H,11H2,1-3H3/t4-,5?,6+,7+,8-,9-/m1/s1. The Morgan fingerprint density at radius 2 is 1.71 bits per heavy atom. The Kier molecular flexibility index (Phi) is 3.83. The van der Waals surface area contributed by atoms with Crippen LogP contribution in [0.25, 0.3) is 0 Å². The quantitative estimate of drug-likeness (QED) is 0.652. The van der Waals surface area contributed by atoms with Crippen LogP contribution in [0.3, 0.4) is 0 Å². The summed E-state index contributed by atoms with van der Waals surface area (Å²) in [5.41, 5.74) is 5.66. The van der Waals surface area contributed by atoms with Gasteiger partial charge in [0.25, 0.3) is 0 Å². The van der Waals surface area contributed by atoms with Gasteiger partial charge in [-0.1, -0.05) is 6.92 Å². The second-order valence-corrected chi connectivity index (χ2v) is 3.77. The van der Waals surface area contributed by atoms with E-state index in [1.54, 1.807) is 6.92 Å². The van der Waals surface area contributed by atoms with Gasteiger partial charge in [-0.15, -0.1) is 0 Å². The molecule has 1 unspecified atom stereocenters. The summed E-state index contributed by atoms with van der Waals surface area (Å²) in [7, 11) is 2.89. The molecule has 4 nitrogen and oxygen atoms in total. The van der Waals surface area contributed by atoms with E-state index >= 15 is 0 Å². The molecular formula is C9H18FNO3. The molecule has 1 fully saturated rings. The van der Waals surface area contributed by atoms with Crippen molar-refractivity contribution in [2.45, 2.75) is 37.4 Å². The van der Waals surface area contributed by atoms with E-state index in [9.17, 15) is 9.50 Å². The van der Waals surface area contributed by atoms with Crippen molar-refractivity contribution in [1.29, 1.82) is 0 Å². The first-order chi connectivity index (χ1) is 6.54. The lowest BCUT2D eigenvalue weighted by atomic mass is 9.79. The molecule has 0 saturated heterocycles. The number of aliphatic hydroxyl groups excluding tert-OH is 1. The number of nitrogens with two attached hydrogens (primary N) is 1. The fraction of sp³-hybridized carbons (Fsp3) is 1.00. The SMILES string of the molecule is CO[C@@H]1[C@@H](O)[C@H](C)C(F)[C@H](N)[C@H]1OC. The van der Waals surface area contributed by atoms with Gasteiger partial charge in [0, 0.05) is 20.1 Å². The van der Waals surface area contributed by atoms with Gasteiger partial charge in [-0.05, 0) is 0 Å². The zero-order valence-electron chi connectivity index (χ0n) is 8.68. The maximum atomic E-state index is 13.5. The second-order valence-electron chi connectivity index (χ2n) is 3.77. The highest BCUT2D eigenvalue weighted by Gasteiger charge is 2.48. The van der Waals surface area contributed by atoms with Gasteiger partial charge in [-0.2, -0.15) is 0 Å². The van der Waals surface area contributed by atoms with E-state index in [-0.39, 0.29) is 0 Å². The minimum Gasteiger partial charge on any atom is -0.390 e. The third-order valence-electron chi connectivity index (χ3n) is 2.99. The Balaban J connectivity index is 2.84. The van der Waals surface area contributed by atoms with Gasteiger partial charge in [0.2, 0.25) is 0 Å². The Morgan fingerprint density at radius 3 is 2.14 bits per heavy atom. The summed E-state index contributed by atoms with van der Waals surface area (Å²) in [5, 5.41) is 9.73. The van der Waals surface area contributed by atoms with E-state index in [0.29, 0.717) is 0 Å². The molecule has 0 aromatic carbocycles. The summed E-state index contributed by atoms with van der Waals surface area (Å²) in [4.78, 5) is 0. The van der Waals surface area contributed by atoms with Crippen LogP contribution in [0.4, 0.5) is 4.39 Å². The highest BCUT2D eigenvalue weighted by molar-refractivity contribution is 5.00. The fourth-order valence-electron chi connectivity index (χ4n) is 2.00. The number of methoxy groups -OCH3 is 2. The highest BCUT2D eigenvalue weighted by atomic mass is 19.1. The van der Waals surface area contributed by atoms with Crippen LogP contribution < -0.4 is 5.73 Å². The Hall–Kier alpha value is -0.230. The molecule has 1 aliphatic rings. The van der Waals surface area contributed by atoms with Crippen molar-refractivity contribution in [2.24, 2.45) is 11.7 Å². The van der Waals surface area contributed by atoms with Gasteiger partial charge in [0.15, 0.2) is 0 Å². The summed E-state index contributed by atoms with van der Waals surface area (Å²) in [6.07, 6.45) is -3.29. The second kappa shape index (κ2) is 4.53. The third kappa shape index (κ3) is 1.77. The molecule has 0 radical (unpaired) electrons. The number of rotatable bonds is 2. The van der Waals surface area contributed by atoms with E-state index in [1.807, 2.05) is 0 Å². The van der Waals surface area contributed by atoms with Crippen molar-refractivity contribution < 1.29 is 19.0 Å². The largest absolute Gasteiger partial charge is 0.390 e. The molecule has 0 aliphatic heterocycles. The van der Waals surface area contributed by atoms with Crippen LogP contribution in [0.1, 0.15) is 6.92 Å². The van der Waals surface area contributed by atoms with Crippen molar-refractivity contribution in [3.8, 4) is 0 Å². The summed E-state index contributed by atoms with van der Waals surface area (Å²) >= 11 is 0. The maximum Gasteiger partial charge on any atom is 0.123 e. The van der Waals surface area contributed by atoms with Crippen molar-refractivity contribution >= 4 is 0 Å². The highest BCUT2D eigenvalue weighted by Crippen LogP contribution is 2.30. The van der Waals surface area contributed by atoms with Crippen LogP contribution in [0.15, 0.2) is 0 Å². The van der Waals surface area contributed by atoms with Crippen LogP contribution in [-0.2, 0) is 9.47 Å². The molecule has 1 aliphatic carbocycles. The molecule has 0 aromatic heterocycles. The smallest absolute Gasteiger partial charge is 0.123 e. The molecule has 1 saturated carbocycles. The monoisotopic (exact) mass is 207 g/mol. The van der Waals surface area contributed by atoms with Crippen LogP contribution in [0, 0.1) is 5.92 Å². The van der Waals surface area contributed by atoms with Crippen LogP contribution >= 0.6 is 0 Å². The van der Waals surface area contributed by atoms with Gasteiger partial charge in [0.05, 0.1) is 12.1 Å². The number of hydrogen-bond donors (Lipinski definition) is 2. The predicted octanol–water partition coefficient (Wildman–Crippen LogP) is -0.308. The normalized spacial score (nSPS) is 49.3. The van der Waals surface area contributed by atoms with E-state index in [0.717, 1.165) is 0 Å². The molecule has 14 heavy (non-hydrogen) atoms. The average molecular weight is 207 g/mol. The van der Waals surface area contributed by atoms with E-state index in [4.69, 9.17) is 15.2 Å². The molecule has 6 atom stereocenters. The zero-order chi connectivity index (χ0) is 10.9. The Morgan fingerprint density at radius 1 is 1.21 bits per heavy atom. The molecule has 0 aromatic rings. The number of alkyl halides is 1. The lowest BCUT2D eigenvalue weighted by Gasteiger charge is -2.43. The number of hydrogen-bond acceptors (Lipinski definition) is 4. The van der Waals surface area contributed by atoms with Gasteiger partial charge >= 0.3 is 0 Å². The molecular weight excluding hydrogens is 189 g/mol. The minimum atomic E-state index is -1.26. The summed E-state index contributed by atoms with van der Waals surface area (Å²) in [5.74, 6) is -0.527. The molecule has 84 valence electrons. The van der Waals surface area contributed by atoms with E-state index < -0.39 is 36.4 Å². The Bertz CT molecular complexity index is 173. The topological polar surface area (TPSA) is 64.7 Å². The minimum absolute atomic E-state index is 0.527. The molecule has 0 amide bonds. The van der Waals surface area contributed by atoms with Crippen molar-refractivity contribution in [2.75, 3.05) is 14.2 Å². The molecule has 0 spiro atoms. The lowest BCUT2D eigenvalue weighted by Crippen LogP contribution is -2.63. The van der Waals surface area contributed by atoms with Gasteiger partial charge < -0.3 is 20.3 Å². The molecule has 5 heteroatoms. The first-order valence-electron chi connectivity index (χ1n) is 4.68. The van der Waals surface area contributed by atoms with Crippen LogP contribution in [-0.4, -0.2) is 49.9 Å². The molecule has 0 heterocycles. The van der Waals surface area contributed by atoms with Gasteiger partial charge in [0.1, 0.15) is 18.4 Å². The number of aliphatic hydroxyl groups is 1. The number of ether oxygens (including phenoxy) is 2. The first-order valence-corrected chi connectivity index (χ1v) is 4.68. The van der Waals surface area contributed by atoms with Crippen molar-refractivity contribution in [1.82, 2.24) is 0 Å². The maximum absolute atomic E-state index is 13.5. The molecule has 3 N–H and O–H groups in total. The third-order valence-corrected chi connectivity index (χ3v) is 2.99.